The molecule has 0 saturated carbocycles. The van der Waals surface area contributed by atoms with Gasteiger partial charge in [-0.15, -0.1) is 5.10 Å². The van der Waals surface area contributed by atoms with Gasteiger partial charge in [0.1, 0.15) is 18.2 Å². The van der Waals surface area contributed by atoms with Crippen molar-refractivity contribution in [3.05, 3.63) is 59.8 Å². The highest BCUT2D eigenvalue weighted by Gasteiger charge is 2.31. The number of fused-ring (bicyclic) bond motifs is 1. The monoisotopic (exact) mass is 478 g/mol. The average molecular weight is 479 g/mol. The van der Waals surface area contributed by atoms with E-state index in [2.05, 4.69) is 20.3 Å². The Kier molecular flexibility index (Phi) is 6.87. The smallest absolute Gasteiger partial charge is 0.291 e. The van der Waals surface area contributed by atoms with Crippen molar-refractivity contribution in [3.63, 3.8) is 0 Å². The fourth-order valence-electron chi connectivity index (χ4n) is 4.44. The summed E-state index contributed by atoms with van der Waals surface area (Å²) in [6, 6.07) is 11.1. The number of anilines is 1. The number of nitrogens with zero attached hydrogens (tertiary/aromatic N) is 7. The number of aromatic nitrogens is 5. The topological polar surface area (TPSA) is 110 Å². The zero-order valence-corrected chi connectivity index (χ0v) is 19.8. The largest absolute Gasteiger partial charge is 0.379 e. The van der Waals surface area contributed by atoms with E-state index in [4.69, 9.17) is 9.84 Å². The van der Waals surface area contributed by atoms with Gasteiger partial charge in [0.05, 0.1) is 25.5 Å². The minimum atomic E-state index is -0.674. The molecule has 11 nitrogen and oxygen atoms in total. The second kappa shape index (κ2) is 10.4. The first-order chi connectivity index (χ1) is 17.1. The van der Waals surface area contributed by atoms with Crippen molar-refractivity contribution in [1.29, 1.82) is 0 Å². The van der Waals surface area contributed by atoms with Crippen LogP contribution < -0.4 is 10.2 Å². The second-order valence-corrected chi connectivity index (χ2v) is 8.88. The Bertz CT molecular complexity index is 1170. The zero-order valence-electron chi connectivity index (χ0n) is 19.8. The van der Waals surface area contributed by atoms with Gasteiger partial charge in [-0.05, 0) is 12.0 Å². The summed E-state index contributed by atoms with van der Waals surface area (Å²) in [4.78, 5) is 34.0. The molecule has 0 bridgehead atoms. The Balaban J connectivity index is 1.19. The highest BCUT2D eigenvalue weighted by molar-refractivity contribution is 6.00. The molecule has 35 heavy (non-hydrogen) atoms. The van der Waals surface area contributed by atoms with E-state index >= 15 is 0 Å². The summed E-state index contributed by atoms with van der Waals surface area (Å²) in [5.41, 5.74) is 2.02. The highest BCUT2D eigenvalue weighted by atomic mass is 16.5. The maximum atomic E-state index is 13.1. The zero-order chi connectivity index (χ0) is 24.2. The third-order valence-corrected chi connectivity index (χ3v) is 6.43. The third-order valence-electron chi connectivity index (χ3n) is 6.43. The lowest BCUT2D eigenvalue weighted by molar-refractivity contribution is -0.120. The minimum absolute atomic E-state index is 0.0452. The predicted molar refractivity (Wildman–Crippen MR) is 128 cm³/mol. The first-order valence-electron chi connectivity index (χ1n) is 12.0. The molecular formula is C24H30N8O3. The molecule has 0 spiro atoms. The third kappa shape index (κ3) is 5.41. The molecule has 2 amide bonds. The van der Waals surface area contributed by atoms with Crippen LogP contribution in [0.2, 0.25) is 0 Å². The Labute approximate surface area is 203 Å². The van der Waals surface area contributed by atoms with E-state index in [0.29, 0.717) is 19.5 Å². The standard InChI is InChI=1S/C24H30N8O3/c1-29-21-15-19(7-9-30-11-13-35-14-12-30)27-32(21)10-8-20(24(29)34)26-23(33)22-25-17-31(28-22)16-18-5-3-2-4-6-18/h2-6,15,17,20H,7-14,16H2,1H3,(H,26,33)/t20-/m0/s1. The van der Waals surface area contributed by atoms with Crippen LogP contribution in [0.1, 0.15) is 28.3 Å². The molecule has 1 atom stereocenters. The van der Waals surface area contributed by atoms with Crippen molar-refractivity contribution in [2.24, 2.45) is 0 Å². The van der Waals surface area contributed by atoms with E-state index in [-0.39, 0.29) is 11.7 Å². The van der Waals surface area contributed by atoms with Crippen LogP contribution in [0.15, 0.2) is 42.7 Å². The highest BCUT2D eigenvalue weighted by Crippen LogP contribution is 2.22. The number of rotatable bonds is 7. The SMILES string of the molecule is CN1C(=O)[C@@H](NC(=O)c2ncn(Cc3ccccc3)n2)CCn2nc(CCN3CCOCC3)cc21. The molecule has 11 heteroatoms. The maximum absolute atomic E-state index is 13.1. The molecule has 2 aliphatic heterocycles. The molecule has 1 saturated heterocycles. The number of aryl methyl sites for hydroxylation is 1. The molecule has 3 aromatic rings. The van der Waals surface area contributed by atoms with Gasteiger partial charge in [0.25, 0.3) is 11.8 Å². The van der Waals surface area contributed by atoms with Crippen molar-refractivity contribution in [2.45, 2.75) is 32.0 Å². The summed E-state index contributed by atoms with van der Waals surface area (Å²) in [5, 5.41) is 11.8. The van der Waals surface area contributed by atoms with Crippen LogP contribution >= 0.6 is 0 Å². The van der Waals surface area contributed by atoms with Crippen molar-refractivity contribution in [1.82, 2.24) is 34.8 Å². The second-order valence-electron chi connectivity index (χ2n) is 8.88. The summed E-state index contributed by atoms with van der Waals surface area (Å²) >= 11 is 0. The normalized spacial score (nSPS) is 18.8. The van der Waals surface area contributed by atoms with Gasteiger partial charge in [0.15, 0.2) is 0 Å². The Hall–Kier alpha value is -3.57. The Morgan fingerprint density at radius 1 is 1.14 bits per heavy atom. The molecule has 184 valence electrons. The first kappa shape index (κ1) is 23.2. The van der Waals surface area contributed by atoms with Crippen LogP contribution in [-0.2, 0) is 29.0 Å². The number of morpholine rings is 1. The number of benzene rings is 1. The summed E-state index contributed by atoms with van der Waals surface area (Å²) in [6.07, 6.45) is 2.79. The molecular weight excluding hydrogens is 448 g/mol. The lowest BCUT2D eigenvalue weighted by Crippen LogP contribution is -2.47. The summed E-state index contributed by atoms with van der Waals surface area (Å²) in [6.45, 7) is 5.38. The molecule has 5 rings (SSSR count). The quantitative estimate of drug-likeness (QED) is 0.528. The van der Waals surface area contributed by atoms with Gasteiger partial charge in [-0.3, -0.25) is 19.4 Å². The van der Waals surface area contributed by atoms with Crippen LogP contribution in [0.25, 0.3) is 0 Å². The van der Waals surface area contributed by atoms with Crippen molar-refractivity contribution in [3.8, 4) is 0 Å². The van der Waals surface area contributed by atoms with Gasteiger partial charge in [-0.25, -0.2) is 14.3 Å². The van der Waals surface area contributed by atoms with Gasteiger partial charge in [-0.2, -0.15) is 5.10 Å². The first-order valence-corrected chi connectivity index (χ1v) is 12.0. The fraction of sp³-hybridized carbons (Fsp3) is 0.458. The molecule has 1 aromatic carbocycles. The Morgan fingerprint density at radius 3 is 2.74 bits per heavy atom. The molecule has 0 unspecified atom stereocenters. The molecule has 1 fully saturated rings. The van der Waals surface area contributed by atoms with E-state index in [0.717, 1.165) is 56.3 Å². The molecule has 0 radical (unpaired) electrons. The fourth-order valence-corrected chi connectivity index (χ4v) is 4.44. The summed E-state index contributed by atoms with van der Waals surface area (Å²) in [7, 11) is 1.72. The van der Waals surface area contributed by atoms with Crippen molar-refractivity contribution in [2.75, 3.05) is 44.8 Å². The number of ether oxygens (including phenoxy) is 1. The number of hydrogen-bond donors (Lipinski definition) is 1. The number of carbonyl (C=O) groups excluding carboxylic acids is 2. The number of hydrogen-bond acceptors (Lipinski definition) is 7. The van der Waals surface area contributed by atoms with Gasteiger partial charge in [0, 0.05) is 45.7 Å². The lowest BCUT2D eigenvalue weighted by Gasteiger charge is -2.26. The van der Waals surface area contributed by atoms with Crippen LogP contribution in [0.3, 0.4) is 0 Å². The van der Waals surface area contributed by atoms with Crippen molar-refractivity contribution >= 4 is 17.6 Å². The van der Waals surface area contributed by atoms with Gasteiger partial charge >= 0.3 is 0 Å². The molecule has 4 heterocycles. The van der Waals surface area contributed by atoms with E-state index < -0.39 is 11.9 Å². The summed E-state index contributed by atoms with van der Waals surface area (Å²) < 4.78 is 8.87. The number of nitrogens with one attached hydrogen (secondary N) is 1. The van der Waals surface area contributed by atoms with Gasteiger partial charge in [0.2, 0.25) is 5.82 Å². The van der Waals surface area contributed by atoms with Gasteiger partial charge < -0.3 is 10.1 Å². The maximum Gasteiger partial charge on any atom is 0.291 e. The van der Waals surface area contributed by atoms with E-state index in [1.165, 1.54) is 6.33 Å². The van der Waals surface area contributed by atoms with Crippen LogP contribution in [-0.4, -0.2) is 87.2 Å². The predicted octanol–water partition coefficient (Wildman–Crippen LogP) is 0.563. The van der Waals surface area contributed by atoms with Crippen LogP contribution in [0.4, 0.5) is 5.82 Å². The molecule has 0 aliphatic carbocycles. The molecule has 2 aromatic heterocycles. The lowest BCUT2D eigenvalue weighted by atomic mass is 10.2. The van der Waals surface area contributed by atoms with Crippen LogP contribution in [0, 0.1) is 0 Å². The van der Waals surface area contributed by atoms with Gasteiger partial charge in [-0.1, -0.05) is 30.3 Å². The van der Waals surface area contributed by atoms with E-state index in [1.54, 1.807) is 16.6 Å². The van der Waals surface area contributed by atoms with Crippen LogP contribution in [0.5, 0.6) is 0 Å². The number of likely N-dealkylation sites (N-methyl/N-ethyl adjacent to an activating group) is 1. The van der Waals surface area contributed by atoms with E-state index in [9.17, 15) is 9.59 Å². The Morgan fingerprint density at radius 2 is 1.94 bits per heavy atom. The number of carbonyl (C=O) groups is 2. The minimum Gasteiger partial charge on any atom is -0.379 e. The number of amides is 2. The molecule has 1 N–H and O–H groups in total. The van der Waals surface area contributed by atoms with E-state index in [1.807, 2.05) is 41.1 Å². The summed E-state index contributed by atoms with van der Waals surface area (Å²) in [5.74, 6) is 0.146. The van der Waals surface area contributed by atoms with Crippen molar-refractivity contribution < 1.29 is 14.3 Å². The molecule has 2 aliphatic rings. The average Bonchev–Trinajstić information content (AvgIpc) is 3.50.